The largest absolute Gasteiger partial charge is 0.471 e. The Balaban J connectivity index is 2.37. The number of thioether (sulfide) groups is 1. The summed E-state index contributed by atoms with van der Waals surface area (Å²) in [6.45, 7) is 10.9. The summed E-state index contributed by atoms with van der Waals surface area (Å²) >= 11 is 1.67. The molecule has 1 aromatic carbocycles. The van der Waals surface area contributed by atoms with Crippen LogP contribution in [0.25, 0.3) is 0 Å². The van der Waals surface area contributed by atoms with Gasteiger partial charge in [0.1, 0.15) is 11.9 Å². The molecule has 1 aliphatic heterocycles. The molecule has 1 heterocycles. The second kappa shape index (κ2) is 7.04. The van der Waals surface area contributed by atoms with Crippen LogP contribution in [0, 0.1) is 0 Å². The summed E-state index contributed by atoms with van der Waals surface area (Å²) in [5.74, 6) is 0.850. The number of piperidine rings is 1. The maximum Gasteiger partial charge on any atom is 0.179 e. The van der Waals surface area contributed by atoms with E-state index in [1.807, 2.05) is 31.4 Å². The highest BCUT2D eigenvalue weighted by Gasteiger charge is 2.47. The molecule has 2 rings (SSSR count). The van der Waals surface area contributed by atoms with Crippen LogP contribution >= 0.6 is 11.8 Å². The lowest BCUT2D eigenvalue weighted by molar-refractivity contribution is -0.163. The molecule has 1 aromatic rings. The fourth-order valence-electron chi connectivity index (χ4n) is 3.92. The lowest BCUT2D eigenvalue weighted by Crippen LogP contribution is -2.66. The first kappa shape index (κ1) is 18.6. The molecule has 2 atom stereocenters. The van der Waals surface area contributed by atoms with Gasteiger partial charge in [-0.05, 0) is 72.3 Å². The van der Waals surface area contributed by atoms with E-state index in [0.29, 0.717) is 0 Å². The number of aliphatic hydroxyl groups excluding tert-OH is 1. The predicted molar refractivity (Wildman–Crippen MR) is 98.2 cm³/mol. The number of likely N-dealkylation sites (tertiary alicyclic amines) is 1. The summed E-state index contributed by atoms with van der Waals surface area (Å²) in [5.41, 5.74) is -0.00455. The molecule has 0 spiro atoms. The number of nitrogens with zero attached hydrogens (tertiary/aromatic N) is 1. The third-order valence-electron chi connectivity index (χ3n) is 4.87. The van der Waals surface area contributed by atoms with E-state index in [-0.39, 0.29) is 17.3 Å². The minimum absolute atomic E-state index is 0.00227. The Hall–Kier alpha value is -0.710. The Bertz CT molecular complexity index is 512. The minimum Gasteiger partial charge on any atom is -0.471 e. The van der Waals surface area contributed by atoms with E-state index < -0.39 is 6.10 Å². The average Bonchev–Trinajstić information content (AvgIpc) is 2.44. The van der Waals surface area contributed by atoms with Crippen LogP contribution in [0.5, 0.6) is 5.75 Å². The Morgan fingerprint density at radius 1 is 1.13 bits per heavy atom. The summed E-state index contributed by atoms with van der Waals surface area (Å²) < 4.78 is 6.36. The number of hydrogen-bond acceptors (Lipinski definition) is 4. The van der Waals surface area contributed by atoms with Crippen molar-refractivity contribution in [2.45, 2.75) is 82.2 Å². The fraction of sp³-hybridized carbons (Fsp3) is 0.684. The summed E-state index contributed by atoms with van der Waals surface area (Å²) in [6.07, 6.45) is 4.58. The highest BCUT2D eigenvalue weighted by Crippen LogP contribution is 2.41. The van der Waals surface area contributed by atoms with E-state index in [2.05, 4.69) is 38.7 Å². The second-order valence-corrected chi connectivity index (χ2v) is 8.60. The number of rotatable bonds is 5. The minimum atomic E-state index is -0.568. The van der Waals surface area contributed by atoms with E-state index in [1.54, 1.807) is 11.8 Å². The number of para-hydroxylation sites is 1. The molecular weight excluding hydrogens is 306 g/mol. The summed E-state index contributed by atoms with van der Waals surface area (Å²) in [6, 6.07) is 8.06. The lowest BCUT2D eigenvalue weighted by atomic mass is 9.79. The summed E-state index contributed by atoms with van der Waals surface area (Å²) in [4.78, 5) is 3.48. The maximum atomic E-state index is 10.5. The third-order valence-corrected chi connectivity index (χ3v) is 5.64. The summed E-state index contributed by atoms with van der Waals surface area (Å²) in [7, 11) is 0. The van der Waals surface area contributed by atoms with Crippen molar-refractivity contribution in [1.82, 2.24) is 4.90 Å². The Morgan fingerprint density at radius 2 is 1.70 bits per heavy atom. The molecule has 3 nitrogen and oxygen atoms in total. The fourth-order valence-corrected chi connectivity index (χ4v) is 4.45. The number of aliphatic hydroxyl groups is 1. The van der Waals surface area contributed by atoms with Gasteiger partial charge in [-0.1, -0.05) is 12.1 Å². The first-order valence-corrected chi connectivity index (χ1v) is 9.69. The van der Waals surface area contributed by atoms with Gasteiger partial charge in [-0.3, -0.25) is 4.90 Å². The molecule has 0 bridgehead atoms. The van der Waals surface area contributed by atoms with Crippen molar-refractivity contribution in [3.63, 3.8) is 0 Å². The van der Waals surface area contributed by atoms with Crippen molar-refractivity contribution in [1.29, 1.82) is 0 Å². The molecule has 1 N–H and O–H groups in total. The molecule has 2 unspecified atom stereocenters. The lowest BCUT2D eigenvalue weighted by Gasteiger charge is -2.56. The molecule has 130 valence electrons. The summed E-state index contributed by atoms with van der Waals surface area (Å²) in [5, 5.41) is 10.5. The highest BCUT2D eigenvalue weighted by atomic mass is 32.2. The molecule has 0 aromatic heterocycles. The van der Waals surface area contributed by atoms with E-state index >= 15 is 0 Å². The van der Waals surface area contributed by atoms with Gasteiger partial charge in [-0.15, -0.1) is 11.8 Å². The first-order valence-electron chi connectivity index (χ1n) is 8.46. The van der Waals surface area contributed by atoms with Gasteiger partial charge in [0.2, 0.25) is 0 Å². The van der Waals surface area contributed by atoms with Crippen LogP contribution in [0.3, 0.4) is 0 Å². The van der Waals surface area contributed by atoms with Gasteiger partial charge in [0.05, 0.1) is 0 Å². The molecular formula is C19H31NO2S. The number of ether oxygens (including phenoxy) is 1. The van der Waals surface area contributed by atoms with Crippen LogP contribution in [0.4, 0.5) is 0 Å². The zero-order valence-corrected chi connectivity index (χ0v) is 16.1. The Labute approximate surface area is 145 Å². The van der Waals surface area contributed by atoms with Crippen LogP contribution in [0.15, 0.2) is 29.2 Å². The standard InChI is InChI=1S/C19H31NO2S/c1-14(21)17(22-15-10-7-8-11-16(15)23-6)20-18(2,3)12-9-13-19(20,4)5/h7-8,10-11,14,17,21H,9,12-13H2,1-6H3. The van der Waals surface area contributed by atoms with Gasteiger partial charge < -0.3 is 9.84 Å². The molecule has 1 aliphatic rings. The molecule has 1 fully saturated rings. The topological polar surface area (TPSA) is 32.7 Å². The molecule has 0 aliphatic carbocycles. The van der Waals surface area contributed by atoms with Crippen molar-refractivity contribution in [2.24, 2.45) is 0 Å². The second-order valence-electron chi connectivity index (χ2n) is 7.75. The Kier molecular flexibility index (Phi) is 5.70. The third kappa shape index (κ3) is 4.04. The quantitative estimate of drug-likeness (QED) is 0.800. The van der Waals surface area contributed by atoms with Crippen molar-refractivity contribution < 1.29 is 9.84 Å². The van der Waals surface area contributed by atoms with Crippen LogP contribution in [0.1, 0.15) is 53.9 Å². The molecule has 0 saturated carbocycles. The van der Waals surface area contributed by atoms with Crippen molar-refractivity contribution in [2.75, 3.05) is 6.26 Å². The van der Waals surface area contributed by atoms with Gasteiger partial charge in [-0.2, -0.15) is 0 Å². The van der Waals surface area contributed by atoms with Gasteiger partial charge in [-0.25, -0.2) is 0 Å². The first-order chi connectivity index (χ1) is 10.7. The van der Waals surface area contributed by atoms with Crippen LogP contribution < -0.4 is 4.74 Å². The van der Waals surface area contributed by atoms with Crippen LogP contribution in [-0.4, -0.2) is 39.7 Å². The van der Waals surface area contributed by atoms with Crippen molar-refractivity contribution in [3.05, 3.63) is 24.3 Å². The monoisotopic (exact) mass is 337 g/mol. The molecule has 0 radical (unpaired) electrons. The van der Waals surface area contributed by atoms with E-state index in [1.165, 1.54) is 6.42 Å². The van der Waals surface area contributed by atoms with E-state index in [4.69, 9.17) is 4.74 Å². The average molecular weight is 338 g/mol. The normalized spacial score (nSPS) is 23.3. The zero-order chi connectivity index (χ0) is 17.3. The molecule has 23 heavy (non-hydrogen) atoms. The van der Waals surface area contributed by atoms with Gasteiger partial charge in [0.15, 0.2) is 6.23 Å². The molecule has 1 saturated heterocycles. The van der Waals surface area contributed by atoms with Crippen molar-refractivity contribution in [3.8, 4) is 5.75 Å². The smallest absolute Gasteiger partial charge is 0.179 e. The SMILES string of the molecule is CSc1ccccc1OC(C(C)O)N1C(C)(C)CCCC1(C)C. The zero-order valence-electron chi connectivity index (χ0n) is 15.3. The van der Waals surface area contributed by atoms with Gasteiger partial charge in [0, 0.05) is 16.0 Å². The molecule has 4 heteroatoms. The number of hydrogen-bond donors (Lipinski definition) is 1. The van der Waals surface area contributed by atoms with Crippen molar-refractivity contribution >= 4 is 11.8 Å². The Morgan fingerprint density at radius 3 is 2.22 bits per heavy atom. The highest BCUT2D eigenvalue weighted by molar-refractivity contribution is 7.98. The molecule has 0 amide bonds. The number of benzene rings is 1. The maximum absolute atomic E-state index is 10.5. The van der Waals surface area contributed by atoms with Gasteiger partial charge >= 0.3 is 0 Å². The van der Waals surface area contributed by atoms with Crippen LogP contribution in [0.2, 0.25) is 0 Å². The predicted octanol–water partition coefficient (Wildman–Crippen LogP) is 4.54. The van der Waals surface area contributed by atoms with E-state index in [9.17, 15) is 5.11 Å². The van der Waals surface area contributed by atoms with Crippen LogP contribution in [-0.2, 0) is 0 Å². The van der Waals surface area contributed by atoms with Gasteiger partial charge in [0.25, 0.3) is 0 Å². The van der Waals surface area contributed by atoms with E-state index in [0.717, 1.165) is 23.5 Å².